The second-order valence-corrected chi connectivity index (χ2v) is 6.50. The molecular formula is C17H13BrN2O2S. The molecule has 0 aliphatic heterocycles. The highest BCUT2D eigenvalue weighted by Crippen LogP contribution is 2.34. The maximum absolute atomic E-state index is 12.2. The summed E-state index contributed by atoms with van der Waals surface area (Å²) in [6.45, 7) is 2.07. The van der Waals surface area contributed by atoms with Gasteiger partial charge in [-0.2, -0.15) is 0 Å². The summed E-state index contributed by atoms with van der Waals surface area (Å²) < 4.78 is 6.06. The van der Waals surface area contributed by atoms with Gasteiger partial charge in [0.15, 0.2) is 5.69 Å². The van der Waals surface area contributed by atoms with E-state index >= 15 is 0 Å². The molecule has 0 radical (unpaired) electrons. The molecule has 6 heteroatoms. The number of benzene rings is 2. The zero-order valence-corrected chi connectivity index (χ0v) is 14.7. The standard InChI is InChI=1S/C17H13BrN2O2S/c1-2-22-17(21)15-16(23-14-10-6-3-7-11(14)18)20-13-9-5-4-8-12(13)19-15/h3-10H,2H2,1H3. The number of halogens is 1. The molecule has 23 heavy (non-hydrogen) atoms. The Balaban J connectivity index is 2.11. The SMILES string of the molecule is CCOC(=O)c1nc2ccccc2nc1Sc1ccccc1Br. The van der Waals surface area contributed by atoms with Crippen molar-refractivity contribution in [3.8, 4) is 0 Å². The maximum atomic E-state index is 12.2. The van der Waals surface area contributed by atoms with E-state index < -0.39 is 5.97 Å². The number of fused-ring (bicyclic) bond motifs is 1. The number of nitrogens with zero attached hydrogens (tertiary/aromatic N) is 2. The Morgan fingerprint density at radius 3 is 2.43 bits per heavy atom. The topological polar surface area (TPSA) is 52.1 Å². The smallest absolute Gasteiger partial charge is 0.359 e. The van der Waals surface area contributed by atoms with Crippen LogP contribution in [0.1, 0.15) is 17.4 Å². The summed E-state index contributed by atoms with van der Waals surface area (Å²) in [5, 5.41) is 0.536. The third-order valence-corrected chi connectivity index (χ3v) is 5.06. The van der Waals surface area contributed by atoms with Crippen molar-refractivity contribution in [1.82, 2.24) is 9.97 Å². The fourth-order valence-corrected chi connectivity index (χ4v) is 3.44. The van der Waals surface area contributed by atoms with E-state index in [2.05, 4.69) is 25.9 Å². The van der Waals surface area contributed by atoms with E-state index in [9.17, 15) is 4.79 Å². The van der Waals surface area contributed by atoms with Crippen LogP contribution in [0.15, 0.2) is 62.9 Å². The molecule has 4 nitrogen and oxygen atoms in total. The summed E-state index contributed by atoms with van der Waals surface area (Å²) in [5.74, 6) is -0.458. The summed E-state index contributed by atoms with van der Waals surface area (Å²) >= 11 is 4.90. The first-order valence-corrected chi connectivity index (χ1v) is 8.66. The monoisotopic (exact) mass is 388 g/mol. The molecule has 3 rings (SSSR count). The summed E-state index contributed by atoms with van der Waals surface area (Å²) in [6, 6.07) is 15.2. The van der Waals surface area contributed by atoms with Gasteiger partial charge in [-0.1, -0.05) is 36.0 Å². The summed E-state index contributed by atoms with van der Waals surface area (Å²) in [7, 11) is 0. The van der Waals surface area contributed by atoms with Gasteiger partial charge in [-0.15, -0.1) is 0 Å². The predicted octanol–water partition coefficient (Wildman–Crippen LogP) is 4.72. The number of hydrogen-bond acceptors (Lipinski definition) is 5. The van der Waals surface area contributed by atoms with Crippen LogP contribution < -0.4 is 0 Å². The van der Waals surface area contributed by atoms with Gasteiger partial charge in [0.25, 0.3) is 0 Å². The highest BCUT2D eigenvalue weighted by Gasteiger charge is 2.19. The molecule has 0 spiro atoms. The first-order chi connectivity index (χ1) is 11.2. The minimum atomic E-state index is -0.458. The number of carbonyl (C=O) groups is 1. The average molecular weight is 389 g/mol. The van der Waals surface area contributed by atoms with Crippen LogP contribution in [0.3, 0.4) is 0 Å². The third-order valence-electron chi connectivity index (χ3n) is 3.05. The van der Waals surface area contributed by atoms with E-state index in [-0.39, 0.29) is 5.69 Å². The number of rotatable bonds is 4. The number of esters is 1. The molecule has 0 amide bonds. The van der Waals surface area contributed by atoms with Crippen LogP contribution in [0.25, 0.3) is 11.0 Å². The fourth-order valence-electron chi connectivity index (χ4n) is 2.02. The summed E-state index contributed by atoms with van der Waals surface area (Å²) in [4.78, 5) is 22.2. The van der Waals surface area contributed by atoms with Gasteiger partial charge in [0.05, 0.1) is 17.6 Å². The van der Waals surface area contributed by atoms with Crippen LogP contribution in [0, 0.1) is 0 Å². The molecule has 116 valence electrons. The quantitative estimate of drug-likeness (QED) is 0.605. The number of ether oxygens (including phenoxy) is 1. The lowest BCUT2D eigenvalue weighted by molar-refractivity contribution is 0.0514. The van der Waals surface area contributed by atoms with E-state index in [1.54, 1.807) is 6.92 Å². The molecular weight excluding hydrogens is 376 g/mol. The zero-order valence-electron chi connectivity index (χ0n) is 12.3. The van der Waals surface area contributed by atoms with Gasteiger partial charge in [0, 0.05) is 9.37 Å². The lowest BCUT2D eigenvalue weighted by atomic mass is 10.3. The van der Waals surface area contributed by atoms with Crippen molar-refractivity contribution in [2.75, 3.05) is 6.61 Å². The van der Waals surface area contributed by atoms with Crippen molar-refractivity contribution in [3.63, 3.8) is 0 Å². The first-order valence-electron chi connectivity index (χ1n) is 7.05. The molecule has 0 aliphatic carbocycles. The molecule has 2 aromatic carbocycles. The molecule has 0 aliphatic rings. The minimum Gasteiger partial charge on any atom is -0.461 e. The molecule has 0 bridgehead atoms. The zero-order chi connectivity index (χ0) is 16.2. The van der Waals surface area contributed by atoms with E-state index in [1.165, 1.54) is 11.8 Å². The number of para-hydroxylation sites is 2. The molecule has 0 saturated carbocycles. The van der Waals surface area contributed by atoms with Crippen molar-refractivity contribution >= 4 is 44.7 Å². The van der Waals surface area contributed by atoms with Crippen LogP contribution in [0.2, 0.25) is 0 Å². The van der Waals surface area contributed by atoms with Crippen molar-refractivity contribution < 1.29 is 9.53 Å². The van der Waals surface area contributed by atoms with Crippen molar-refractivity contribution in [1.29, 1.82) is 0 Å². The van der Waals surface area contributed by atoms with Gasteiger partial charge in [-0.25, -0.2) is 14.8 Å². The van der Waals surface area contributed by atoms with Crippen molar-refractivity contribution in [2.45, 2.75) is 16.8 Å². The van der Waals surface area contributed by atoms with Gasteiger partial charge in [-0.05, 0) is 47.1 Å². The Hall–Kier alpha value is -1.92. The van der Waals surface area contributed by atoms with Crippen LogP contribution in [-0.2, 0) is 4.74 Å². The lowest BCUT2D eigenvalue weighted by Crippen LogP contribution is -2.10. The molecule has 3 aromatic rings. The molecule has 0 unspecified atom stereocenters. The van der Waals surface area contributed by atoms with Crippen LogP contribution in [0.5, 0.6) is 0 Å². The van der Waals surface area contributed by atoms with Crippen molar-refractivity contribution in [2.24, 2.45) is 0 Å². The van der Waals surface area contributed by atoms with E-state index in [4.69, 9.17) is 4.74 Å². The predicted molar refractivity (Wildman–Crippen MR) is 93.8 cm³/mol. The van der Waals surface area contributed by atoms with Crippen molar-refractivity contribution in [3.05, 3.63) is 58.7 Å². The van der Waals surface area contributed by atoms with Crippen LogP contribution in [0.4, 0.5) is 0 Å². The third kappa shape index (κ3) is 3.54. The highest BCUT2D eigenvalue weighted by molar-refractivity contribution is 9.10. The number of carbonyl (C=O) groups excluding carboxylic acids is 1. The average Bonchev–Trinajstić information content (AvgIpc) is 2.56. The number of hydrogen-bond donors (Lipinski definition) is 0. The molecule has 0 atom stereocenters. The Morgan fingerprint density at radius 1 is 1.09 bits per heavy atom. The Kier molecular flexibility index (Phi) is 4.93. The second-order valence-electron chi connectivity index (χ2n) is 4.62. The van der Waals surface area contributed by atoms with Gasteiger partial charge in [-0.3, -0.25) is 0 Å². The van der Waals surface area contributed by atoms with E-state index in [0.717, 1.165) is 14.9 Å². The van der Waals surface area contributed by atoms with Gasteiger partial charge >= 0.3 is 5.97 Å². The molecule has 0 N–H and O–H groups in total. The Bertz CT molecular complexity index is 870. The normalized spacial score (nSPS) is 10.7. The first kappa shape index (κ1) is 16.0. The highest BCUT2D eigenvalue weighted by atomic mass is 79.9. The van der Waals surface area contributed by atoms with Gasteiger partial charge < -0.3 is 4.74 Å². The fraction of sp³-hybridized carbons (Fsp3) is 0.118. The van der Waals surface area contributed by atoms with E-state index in [0.29, 0.717) is 17.1 Å². The van der Waals surface area contributed by atoms with E-state index in [1.807, 2.05) is 48.5 Å². The van der Waals surface area contributed by atoms with Gasteiger partial charge in [0.1, 0.15) is 5.03 Å². The molecule has 0 fully saturated rings. The Morgan fingerprint density at radius 2 is 1.74 bits per heavy atom. The largest absolute Gasteiger partial charge is 0.461 e. The molecule has 1 heterocycles. The Labute approximate surface area is 146 Å². The van der Waals surface area contributed by atoms with Crippen LogP contribution >= 0.6 is 27.7 Å². The summed E-state index contributed by atoms with van der Waals surface area (Å²) in [6.07, 6.45) is 0. The maximum Gasteiger partial charge on any atom is 0.359 e. The molecule has 1 aromatic heterocycles. The minimum absolute atomic E-state index is 0.242. The van der Waals surface area contributed by atoms with Crippen LogP contribution in [-0.4, -0.2) is 22.5 Å². The van der Waals surface area contributed by atoms with Gasteiger partial charge in [0.2, 0.25) is 0 Å². The molecule has 0 saturated heterocycles. The lowest BCUT2D eigenvalue weighted by Gasteiger charge is -2.09. The summed E-state index contributed by atoms with van der Waals surface area (Å²) in [5.41, 5.74) is 1.66. The number of aromatic nitrogens is 2. The second kappa shape index (κ2) is 7.10.